The van der Waals surface area contributed by atoms with E-state index >= 15 is 0 Å². The molecule has 0 radical (unpaired) electrons. The first-order valence-corrected chi connectivity index (χ1v) is 9.02. The molecule has 1 aliphatic rings. The van der Waals surface area contributed by atoms with Gasteiger partial charge in [-0.2, -0.15) is 13.2 Å². The summed E-state index contributed by atoms with van der Waals surface area (Å²) in [5, 5.41) is 3.97. The van der Waals surface area contributed by atoms with Crippen molar-refractivity contribution in [1.82, 2.24) is 0 Å². The molecule has 2 rings (SSSR count). The molecule has 0 saturated heterocycles. The summed E-state index contributed by atoms with van der Waals surface area (Å²) in [6, 6.07) is 4.91. The third kappa shape index (κ3) is 5.59. The van der Waals surface area contributed by atoms with E-state index < -0.39 is 17.7 Å². The van der Waals surface area contributed by atoms with Gasteiger partial charge in [-0.25, -0.2) is 4.79 Å². The average Bonchev–Trinajstić information content (AvgIpc) is 2.68. The molecular formula is C22H24F3NO3. The van der Waals surface area contributed by atoms with Crippen LogP contribution in [-0.2, 0) is 20.5 Å². The van der Waals surface area contributed by atoms with Crippen molar-refractivity contribution in [2.75, 3.05) is 13.7 Å². The van der Waals surface area contributed by atoms with Crippen LogP contribution in [0.1, 0.15) is 44.7 Å². The van der Waals surface area contributed by atoms with Crippen LogP contribution in [0.2, 0.25) is 0 Å². The fraction of sp³-hybridized carbons (Fsp3) is 0.364. The number of nitrogens with zero attached hydrogens (tertiary/aromatic N) is 1. The standard InChI is InChI=1S/C22H24F3NO3/c1-13-9-18(20(10-14(13)2)15(3)21(27)28-5)12-29-26-16(4)17-7-6-8-19(11-17)22(23,24)25/h6-8,11H,3,9-10,12H2,1-2,4-5H3/b26-16+. The second-order valence-electron chi connectivity index (χ2n) is 7.00. The van der Waals surface area contributed by atoms with Crippen molar-refractivity contribution >= 4 is 11.7 Å². The molecule has 0 atom stereocenters. The molecule has 0 aliphatic heterocycles. The van der Waals surface area contributed by atoms with Crippen molar-refractivity contribution in [3.63, 3.8) is 0 Å². The summed E-state index contributed by atoms with van der Waals surface area (Å²) < 4.78 is 43.4. The third-order valence-corrected chi connectivity index (χ3v) is 4.92. The molecule has 0 aromatic heterocycles. The smallest absolute Gasteiger partial charge is 0.416 e. The van der Waals surface area contributed by atoms with Crippen molar-refractivity contribution in [3.8, 4) is 0 Å². The van der Waals surface area contributed by atoms with E-state index in [1.807, 2.05) is 13.8 Å². The van der Waals surface area contributed by atoms with Crippen LogP contribution in [0.25, 0.3) is 0 Å². The minimum absolute atomic E-state index is 0.103. The number of benzene rings is 1. The molecule has 4 nitrogen and oxygen atoms in total. The molecule has 0 unspecified atom stereocenters. The van der Waals surface area contributed by atoms with E-state index in [1.54, 1.807) is 6.92 Å². The number of oxime groups is 1. The van der Waals surface area contributed by atoms with Crippen LogP contribution in [-0.4, -0.2) is 25.4 Å². The van der Waals surface area contributed by atoms with Crippen LogP contribution in [0.15, 0.2) is 63.9 Å². The van der Waals surface area contributed by atoms with Gasteiger partial charge in [-0.15, -0.1) is 0 Å². The Morgan fingerprint density at radius 3 is 2.48 bits per heavy atom. The molecule has 7 heteroatoms. The van der Waals surface area contributed by atoms with E-state index in [1.165, 1.54) is 24.8 Å². The molecule has 29 heavy (non-hydrogen) atoms. The summed E-state index contributed by atoms with van der Waals surface area (Å²) in [7, 11) is 1.30. The van der Waals surface area contributed by atoms with Gasteiger partial charge >= 0.3 is 12.1 Å². The maximum Gasteiger partial charge on any atom is 0.416 e. The summed E-state index contributed by atoms with van der Waals surface area (Å²) in [6.45, 7) is 9.51. The fourth-order valence-electron chi connectivity index (χ4n) is 3.00. The van der Waals surface area contributed by atoms with E-state index in [0.717, 1.165) is 28.9 Å². The SMILES string of the molecule is C=C(C(=O)OC)C1=C(CO/N=C(\C)c2cccc(C(F)(F)F)c2)CC(C)=C(C)C1. The number of alkyl halides is 3. The number of ether oxygens (including phenoxy) is 1. The van der Waals surface area contributed by atoms with E-state index in [-0.39, 0.29) is 12.2 Å². The predicted octanol–water partition coefficient (Wildman–Crippen LogP) is 5.60. The van der Waals surface area contributed by atoms with Gasteiger partial charge in [-0.3, -0.25) is 0 Å². The van der Waals surface area contributed by atoms with E-state index in [4.69, 9.17) is 9.57 Å². The fourth-order valence-corrected chi connectivity index (χ4v) is 3.00. The maximum absolute atomic E-state index is 12.9. The Bertz CT molecular complexity index is 908. The molecule has 0 fully saturated rings. The number of rotatable bonds is 6. The Morgan fingerprint density at radius 1 is 1.21 bits per heavy atom. The summed E-state index contributed by atoms with van der Waals surface area (Å²) >= 11 is 0. The summed E-state index contributed by atoms with van der Waals surface area (Å²) in [5.74, 6) is -0.506. The van der Waals surface area contributed by atoms with E-state index in [0.29, 0.717) is 24.1 Å². The first-order valence-electron chi connectivity index (χ1n) is 9.02. The maximum atomic E-state index is 12.9. The van der Waals surface area contributed by atoms with Gasteiger partial charge in [0, 0.05) is 0 Å². The van der Waals surface area contributed by atoms with Gasteiger partial charge in [0.15, 0.2) is 0 Å². The molecule has 0 bridgehead atoms. The Hall–Kier alpha value is -2.83. The van der Waals surface area contributed by atoms with Crippen LogP contribution >= 0.6 is 0 Å². The molecule has 0 heterocycles. The number of carbonyl (C=O) groups is 1. The Labute approximate surface area is 168 Å². The Morgan fingerprint density at radius 2 is 1.86 bits per heavy atom. The molecular weight excluding hydrogens is 383 g/mol. The number of methoxy groups -OCH3 is 1. The lowest BCUT2D eigenvalue weighted by Crippen LogP contribution is -2.14. The van der Waals surface area contributed by atoms with E-state index in [9.17, 15) is 18.0 Å². The van der Waals surface area contributed by atoms with Crippen molar-refractivity contribution in [3.05, 3.63) is 69.8 Å². The highest BCUT2D eigenvalue weighted by Crippen LogP contribution is 2.34. The summed E-state index contributed by atoms with van der Waals surface area (Å²) in [6.07, 6.45) is -3.25. The highest BCUT2D eigenvalue weighted by molar-refractivity contribution is 5.98. The molecule has 0 amide bonds. The quantitative estimate of drug-likeness (QED) is 0.203. The zero-order valence-electron chi connectivity index (χ0n) is 16.9. The van der Waals surface area contributed by atoms with Gasteiger partial charge in [-0.05, 0) is 62.5 Å². The molecule has 0 spiro atoms. The normalized spacial score (nSPS) is 15.5. The monoisotopic (exact) mass is 407 g/mol. The number of hydrogen-bond acceptors (Lipinski definition) is 4. The highest BCUT2D eigenvalue weighted by Gasteiger charge is 2.30. The van der Waals surface area contributed by atoms with Gasteiger partial charge in [0.1, 0.15) is 6.61 Å². The van der Waals surface area contributed by atoms with Crippen molar-refractivity contribution in [1.29, 1.82) is 0 Å². The van der Waals surface area contributed by atoms with Gasteiger partial charge < -0.3 is 9.57 Å². The van der Waals surface area contributed by atoms with Crippen LogP contribution < -0.4 is 0 Å². The molecule has 156 valence electrons. The molecule has 0 N–H and O–H groups in total. The second kappa shape index (κ2) is 9.11. The lowest BCUT2D eigenvalue weighted by Gasteiger charge is -2.23. The summed E-state index contributed by atoms with van der Waals surface area (Å²) in [4.78, 5) is 17.3. The minimum atomic E-state index is -4.42. The third-order valence-electron chi connectivity index (χ3n) is 4.92. The lowest BCUT2D eigenvalue weighted by molar-refractivity contribution is -0.137. The van der Waals surface area contributed by atoms with Crippen molar-refractivity contribution in [2.24, 2.45) is 5.16 Å². The number of hydrogen-bond donors (Lipinski definition) is 0. The second-order valence-corrected chi connectivity index (χ2v) is 7.00. The first kappa shape index (κ1) is 22.5. The molecule has 1 aromatic rings. The van der Waals surface area contributed by atoms with Gasteiger partial charge in [-0.1, -0.05) is 35.0 Å². The number of allylic oxidation sites excluding steroid dienone is 2. The number of carbonyl (C=O) groups excluding carboxylic acids is 1. The van der Waals surface area contributed by atoms with Gasteiger partial charge in [0.25, 0.3) is 0 Å². The average molecular weight is 407 g/mol. The van der Waals surface area contributed by atoms with Crippen LogP contribution in [0.4, 0.5) is 13.2 Å². The first-order chi connectivity index (χ1) is 13.5. The minimum Gasteiger partial charge on any atom is -0.465 e. The number of esters is 1. The van der Waals surface area contributed by atoms with Crippen LogP contribution in [0, 0.1) is 0 Å². The number of halogens is 3. The van der Waals surface area contributed by atoms with E-state index in [2.05, 4.69) is 11.7 Å². The lowest BCUT2D eigenvalue weighted by atomic mass is 9.84. The highest BCUT2D eigenvalue weighted by atomic mass is 19.4. The largest absolute Gasteiger partial charge is 0.465 e. The van der Waals surface area contributed by atoms with Gasteiger partial charge in [0.05, 0.1) is 24.0 Å². The topological polar surface area (TPSA) is 47.9 Å². The Balaban J connectivity index is 2.19. The van der Waals surface area contributed by atoms with Gasteiger partial charge in [0.2, 0.25) is 0 Å². The zero-order chi connectivity index (χ0) is 21.8. The van der Waals surface area contributed by atoms with Crippen molar-refractivity contribution < 1.29 is 27.5 Å². The zero-order valence-corrected chi connectivity index (χ0v) is 16.9. The van der Waals surface area contributed by atoms with Crippen LogP contribution in [0.3, 0.4) is 0 Å². The predicted molar refractivity (Wildman–Crippen MR) is 105 cm³/mol. The molecule has 1 aromatic carbocycles. The van der Waals surface area contributed by atoms with Crippen LogP contribution in [0.5, 0.6) is 0 Å². The summed E-state index contributed by atoms with van der Waals surface area (Å²) in [5.41, 5.74) is 4.11. The van der Waals surface area contributed by atoms with Crippen molar-refractivity contribution in [2.45, 2.75) is 39.8 Å². The molecule has 1 aliphatic carbocycles. The Kier molecular flexibility index (Phi) is 7.06. The molecule has 0 saturated carbocycles.